The monoisotopic (exact) mass is 1250 g/mol. The summed E-state index contributed by atoms with van der Waals surface area (Å²) in [4.78, 5) is 41.1. The van der Waals surface area contributed by atoms with E-state index in [-0.39, 0.29) is 37.0 Å². The molecule has 5 saturated heterocycles. The van der Waals surface area contributed by atoms with Gasteiger partial charge in [0.1, 0.15) is 103 Å². The third kappa shape index (κ3) is 10.8. The minimum Gasteiger partial charge on any atom is -0.481 e. The van der Waals surface area contributed by atoms with Crippen LogP contribution in [0.1, 0.15) is 107 Å². The zero-order valence-corrected chi connectivity index (χ0v) is 49.9. The standard InChI is InChI=1S/C58H90O29/c1-20-30(63)33(66)37(70)47(80-20)84-43-35(68)31(64)21(2)81-50(43)85-42-32(65)25(60)18-79-49(42)82-40-26(61)19-78-46(39(40)72)87-52(77)58-14-13-53(3,4)15-23(58)22-9-10-27-54(5)16-24(59)44(86-48-38(71)34(67)36(69)41(83-48)45(73)74)57(8,51(75)76)28(54)11-12-55(27,6)56(22,7)17-29(58)62/h9,20-21,23-44,46-50,59-72H,10-19H2,1-8H3,(H,73,74)(H,75,76)/t20-,21+,23?,24+,25-,26-,27?,28?,29-,30+,31+,32+,33+,34+,35-,36+,37-,38-,39+,40+,41+,42+,43-,44+,46-,47+,48+,49+,50-,54-,55-,56-,57+,58-/m1/s1. The number of carbonyl (C=O) groups is 3. The molecule has 34 atom stereocenters. The number of carbonyl (C=O) groups excluding carboxylic acids is 1. The second kappa shape index (κ2) is 24.0. The highest BCUT2D eigenvalue weighted by Gasteiger charge is 2.74. The number of carboxylic acid groups (broad SMARTS) is 2. The second-order valence-electron chi connectivity index (χ2n) is 28.2. The lowest BCUT2D eigenvalue weighted by molar-refractivity contribution is -0.392. The molecule has 10 aliphatic rings. The number of fused-ring (bicyclic) bond motifs is 7. The lowest BCUT2D eigenvalue weighted by Gasteiger charge is -2.71. The molecule has 10 rings (SSSR count). The fourth-order valence-corrected chi connectivity index (χ4v) is 17.4. The highest BCUT2D eigenvalue weighted by atomic mass is 16.8. The van der Waals surface area contributed by atoms with Crippen molar-refractivity contribution in [2.24, 2.45) is 50.2 Å². The highest BCUT2D eigenvalue weighted by molar-refractivity contribution is 5.80. The normalized spacial score (nSPS) is 55.0. The topological polar surface area (TPSA) is 467 Å². The zero-order chi connectivity index (χ0) is 63.9. The Hall–Kier alpha value is -2.77. The first kappa shape index (κ1) is 67.1. The van der Waals surface area contributed by atoms with Crippen molar-refractivity contribution in [3.05, 3.63) is 11.6 Å². The maximum absolute atomic E-state index is 15.4. The van der Waals surface area contributed by atoms with E-state index in [1.54, 1.807) is 0 Å². The minimum atomic E-state index is -2.05. The number of aliphatic hydroxyl groups is 14. The summed E-state index contributed by atoms with van der Waals surface area (Å²) in [6.45, 7) is 13.2. The molecule has 5 aliphatic heterocycles. The Labute approximate surface area is 501 Å². The van der Waals surface area contributed by atoms with Crippen molar-refractivity contribution >= 4 is 17.9 Å². The average molecular weight is 1250 g/mol. The van der Waals surface area contributed by atoms with Crippen molar-refractivity contribution < 1.29 is 143 Å². The second-order valence-corrected chi connectivity index (χ2v) is 28.2. The molecule has 0 spiro atoms. The van der Waals surface area contributed by atoms with E-state index in [0.29, 0.717) is 25.7 Å². The molecule has 0 aromatic heterocycles. The molecule has 0 bridgehead atoms. The summed E-state index contributed by atoms with van der Waals surface area (Å²) in [7, 11) is 0. The van der Waals surface area contributed by atoms with Crippen molar-refractivity contribution in [1.29, 1.82) is 0 Å². The van der Waals surface area contributed by atoms with Gasteiger partial charge in [0, 0.05) is 0 Å². The first-order valence-electron chi connectivity index (χ1n) is 30.2. The number of hydrogen-bond donors (Lipinski definition) is 16. The Kier molecular flexibility index (Phi) is 18.5. The largest absolute Gasteiger partial charge is 0.481 e. The van der Waals surface area contributed by atoms with Crippen LogP contribution in [-0.4, -0.2) is 272 Å². The molecular weight excluding hydrogens is 1160 g/mol. The summed E-state index contributed by atoms with van der Waals surface area (Å²) in [5.41, 5.74) is -5.58. The SMILES string of the molecule is C[C@@H]1O[C@H](O[C@@H]2[C@H](O[C@@H]3[C@H](O)[C@@H](OC(=O)[C@]45CCC(C)(C)CC4C4=CCC6[C@@]7(C)C[C@H](O)[C@H](O[C@@H]8O[C@H](C(=O)O)[C@@H](O)[C@H](O)[C@H]8O)[C@@](C)(C(=O)O)C7CC[C@@]6(C)[C@]4(C)C[C@H]5O)OC[C@H]3O)OC[C@@H](O)[C@@H]2O)[C@H](O[C@@H]2O[C@H](C)[C@H](O)[C@H](O)[C@H]2O)[C@H](O)[C@H]1O. The zero-order valence-electron chi connectivity index (χ0n) is 49.9. The van der Waals surface area contributed by atoms with Gasteiger partial charge >= 0.3 is 17.9 Å². The first-order chi connectivity index (χ1) is 40.5. The highest BCUT2D eigenvalue weighted by Crippen LogP contribution is 2.76. The molecule has 0 aromatic rings. The smallest absolute Gasteiger partial charge is 0.335 e. The van der Waals surface area contributed by atoms with Gasteiger partial charge in [-0.2, -0.15) is 0 Å². The van der Waals surface area contributed by atoms with Gasteiger partial charge in [0.05, 0.1) is 43.0 Å². The number of aliphatic hydroxyl groups excluding tert-OH is 14. The van der Waals surface area contributed by atoms with Crippen molar-refractivity contribution in [1.82, 2.24) is 0 Å². The molecule has 5 aliphatic carbocycles. The van der Waals surface area contributed by atoms with E-state index in [1.165, 1.54) is 20.8 Å². The maximum atomic E-state index is 15.4. The van der Waals surface area contributed by atoms with Crippen LogP contribution in [0, 0.1) is 50.2 Å². The molecule has 16 N–H and O–H groups in total. The van der Waals surface area contributed by atoms with E-state index in [9.17, 15) is 91.3 Å². The summed E-state index contributed by atoms with van der Waals surface area (Å²) in [5.74, 6) is -5.67. The van der Waals surface area contributed by atoms with Crippen LogP contribution < -0.4 is 0 Å². The summed E-state index contributed by atoms with van der Waals surface area (Å²) in [6, 6.07) is 0. The number of carboxylic acids is 2. The quantitative estimate of drug-likeness (QED) is 0.0506. The number of esters is 1. The van der Waals surface area contributed by atoms with Crippen LogP contribution in [0.4, 0.5) is 0 Å². The molecule has 9 fully saturated rings. The van der Waals surface area contributed by atoms with E-state index >= 15 is 4.79 Å². The number of allylic oxidation sites excluding steroid dienone is 2. The fourth-order valence-electron chi connectivity index (χ4n) is 17.4. The van der Waals surface area contributed by atoms with Gasteiger partial charge in [0.25, 0.3) is 0 Å². The van der Waals surface area contributed by atoms with Gasteiger partial charge in [-0.3, -0.25) is 9.59 Å². The van der Waals surface area contributed by atoms with Crippen LogP contribution in [0.2, 0.25) is 0 Å². The third-order valence-electron chi connectivity index (χ3n) is 22.7. The predicted molar refractivity (Wildman–Crippen MR) is 286 cm³/mol. The van der Waals surface area contributed by atoms with Gasteiger partial charge in [-0.05, 0) is 112 Å². The number of hydrogen-bond acceptors (Lipinski definition) is 27. The molecule has 0 aromatic carbocycles. The lowest BCUT2D eigenvalue weighted by atomic mass is 9.33. The van der Waals surface area contributed by atoms with Crippen molar-refractivity contribution in [2.45, 2.75) is 266 Å². The molecular formula is C58H90O29. The third-order valence-corrected chi connectivity index (χ3v) is 22.7. The van der Waals surface area contributed by atoms with E-state index in [2.05, 4.69) is 26.8 Å². The first-order valence-corrected chi connectivity index (χ1v) is 30.2. The Bertz CT molecular complexity index is 2560. The number of rotatable bonds is 12. The fraction of sp³-hybridized carbons (Fsp3) is 0.914. The molecule has 0 radical (unpaired) electrons. The minimum absolute atomic E-state index is 0.0237. The Morgan fingerprint density at radius 2 is 1.09 bits per heavy atom. The van der Waals surface area contributed by atoms with Gasteiger partial charge < -0.3 is 129 Å². The Morgan fingerprint density at radius 1 is 0.529 bits per heavy atom. The van der Waals surface area contributed by atoms with Gasteiger partial charge in [0.15, 0.2) is 31.3 Å². The lowest BCUT2D eigenvalue weighted by Crippen LogP contribution is -2.71. The molecule has 3 unspecified atom stereocenters. The average Bonchev–Trinajstić information content (AvgIpc) is 0.673. The summed E-state index contributed by atoms with van der Waals surface area (Å²) < 4.78 is 58.7. The van der Waals surface area contributed by atoms with Gasteiger partial charge in [-0.1, -0.05) is 46.3 Å². The Balaban J connectivity index is 0.886. The van der Waals surface area contributed by atoms with Crippen LogP contribution in [-0.2, 0) is 61.8 Å². The number of ether oxygens (including phenoxy) is 10. The predicted octanol–water partition coefficient (Wildman–Crippen LogP) is -3.78. The van der Waals surface area contributed by atoms with Crippen molar-refractivity contribution in [2.75, 3.05) is 13.2 Å². The van der Waals surface area contributed by atoms with E-state index in [0.717, 1.165) is 5.57 Å². The van der Waals surface area contributed by atoms with Crippen LogP contribution in [0.15, 0.2) is 11.6 Å². The molecule has 496 valence electrons. The van der Waals surface area contributed by atoms with Crippen LogP contribution in [0.3, 0.4) is 0 Å². The van der Waals surface area contributed by atoms with Crippen LogP contribution in [0.5, 0.6) is 0 Å². The van der Waals surface area contributed by atoms with Crippen molar-refractivity contribution in [3.8, 4) is 0 Å². The van der Waals surface area contributed by atoms with Crippen LogP contribution in [0.25, 0.3) is 0 Å². The summed E-state index contributed by atoms with van der Waals surface area (Å²) in [5, 5.41) is 177. The number of aliphatic carboxylic acids is 2. The molecule has 5 heterocycles. The molecule has 29 heteroatoms. The maximum Gasteiger partial charge on any atom is 0.335 e. The van der Waals surface area contributed by atoms with Crippen LogP contribution >= 0.6 is 0 Å². The van der Waals surface area contributed by atoms with E-state index in [4.69, 9.17) is 47.4 Å². The van der Waals surface area contributed by atoms with Gasteiger partial charge in [-0.15, -0.1) is 0 Å². The van der Waals surface area contributed by atoms with Gasteiger partial charge in [0.2, 0.25) is 6.29 Å². The molecule has 4 saturated carbocycles. The van der Waals surface area contributed by atoms with Crippen molar-refractivity contribution in [3.63, 3.8) is 0 Å². The molecule has 87 heavy (non-hydrogen) atoms. The van der Waals surface area contributed by atoms with E-state index < -0.39 is 230 Å². The molecule has 0 amide bonds. The molecule has 29 nitrogen and oxygen atoms in total. The van der Waals surface area contributed by atoms with E-state index in [1.807, 2.05) is 13.8 Å². The summed E-state index contributed by atoms with van der Waals surface area (Å²) >= 11 is 0. The Morgan fingerprint density at radius 3 is 1.74 bits per heavy atom. The van der Waals surface area contributed by atoms with Gasteiger partial charge in [-0.25, -0.2) is 4.79 Å². The summed E-state index contributed by atoms with van der Waals surface area (Å²) in [6.07, 6.45) is -41.1.